The van der Waals surface area contributed by atoms with Crippen LogP contribution in [0.1, 0.15) is 25.5 Å². The summed E-state index contributed by atoms with van der Waals surface area (Å²) in [4.78, 5) is 11.9. The summed E-state index contributed by atoms with van der Waals surface area (Å²) in [6.45, 7) is 4.96. The molecule has 0 bridgehead atoms. The third-order valence-corrected chi connectivity index (χ3v) is 3.88. The molecule has 1 atom stereocenters. The normalized spacial score (nSPS) is 18.6. The van der Waals surface area contributed by atoms with Gasteiger partial charge in [-0.15, -0.1) is 0 Å². The Morgan fingerprint density at radius 1 is 1.72 bits per heavy atom. The fraction of sp³-hybridized carbons (Fsp3) is 0.667. The largest absolute Gasteiger partial charge is 0.368 e. The molecule has 5 nitrogen and oxygen atoms in total. The van der Waals surface area contributed by atoms with E-state index >= 15 is 0 Å². The maximum absolute atomic E-state index is 11.9. The second kappa shape index (κ2) is 4.90. The quantitative estimate of drug-likeness (QED) is 0.813. The second-order valence-electron chi connectivity index (χ2n) is 4.90. The fourth-order valence-electron chi connectivity index (χ4n) is 2.42. The molecular weight excluding hydrogens is 252 g/mol. The molecule has 6 heteroatoms. The lowest BCUT2D eigenvalue weighted by molar-refractivity contribution is -0.126. The third-order valence-electron chi connectivity index (χ3n) is 3.50. The van der Waals surface area contributed by atoms with Gasteiger partial charge in [0, 0.05) is 6.20 Å². The number of amides is 1. The fourth-order valence-corrected chi connectivity index (χ4v) is 2.57. The van der Waals surface area contributed by atoms with Gasteiger partial charge in [0.15, 0.2) is 0 Å². The Labute approximate surface area is 112 Å². The minimum atomic E-state index is -0.698. The summed E-state index contributed by atoms with van der Waals surface area (Å²) < 4.78 is 1.71. The zero-order chi connectivity index (χ0) is 13.3. The summed E-state index contributed by atoms with van der Waals surface area (Å²) in [6, 6.07) is 0. The average Bonchev–Trinajstić information content (AvgIpc) is 3.07. The van der Waals surface area contributed by atoms with Crippen molar-refractivity contribution in [3.8, 4) is 0 Å². The molecule has 1 unspecified atom stereocenters. The Morgan fingerprint density at radius 2 is 2.39 bits per heavy atom. The van der Waals surface area contributed by atoms with Crippen LogP contribution in [0.3, 0.4) is 0 Å². The molecule has 1 aliphatic carbocycles. The van der Waals surface area contributed by atoms with E-state index < -0.39 is 5.54 Å². The van der Waals surface area contributed by atoms with Gasteiger partial charge in [-0.3, -0.25) is 9.48 Å². The Morgan fingerprint density at radius 3 is 2.78 bits per heavy atom. The first-order valence-corrected chi connectivity index (χ1v) is 6.62. The van der Waals surface area contributed by atoms with Crippen molar-refractivity contribution in [2.24, 2.45) is 11.7 Å². The van der Waals surface area contributed by atoms with Crippen molar-refractivity contribution < 1.29 is 4.79 Å². The van der Waals surface area contributed by atoms with Crippen molar-refractivity contribution in [3.63, 3.8) is 0 Å². The molecule has 0 saturated heterocycles. The van der Waals surface area contributed by atoms with E-state index in [1.54, 1.807) is 10.9 Å². The number of likely N-dealkylation sites (N-methyl/N-ethyl adjacent to an activating group) is 1. The highest BCUT2D eigenvalue weighted by Gasteiger charge is 2.49. The molecule has 1 saturated carbocycles. The number of rotatable bonds is 6. The van der Waals surface area contributed by atoms with E-state index in [2.05, 4.69) is 10.4 Å². The number of aryl methyl sites for hydroxylation is 1. The van der Waals surface area contributed by atoms with E-state index in [0.717, 1.165) is 18.5 Å². The van der Waals surface area contributed by atoms with Crippen LogP contribution in [0.2, 0.25) is 5.02 Å². The highest BCUT2D eigenvalue weighted by atomic mass is 35.5. The molecule has 1 aromatic rings. The van der Waals surface area contributed by atoms with E-state index in [1.165, 1.54) is 0 Å². The first-order chi connectivity index (χ1) is 8.49. The summed E-state index contributed by atoms with van der Waals surface area (Å²) in [5.41, 5.74) is 5.68. The summed E-state index contributed by atoms with van der Waals surface area (Å²) in [7, 11) is 0. The zero-order valence-corrected chi connectivity index (χ0v) is 11.5. The molecule has 0 spiro atoms. The Hall–Kier alpha value is -1.07. The van der Waals surface area contributed by atoms with Gasteiger partial charge in [-0.2, -0.15) is 5.10 Å². The lowest BCUT2D eigenvalue weighted by Gasteiger charge is -2.31. The molecule has 1 amide bonds. The molecule has 0 radical (unpaired) electrons. The number of hydrogen-bond donors (Lipinski definition) is 2. The number of aromatic nitrogens is 2. The van der Waals surface area contributed by atoms with Crippen molar-refractivity contribution in [1.82, 2.24) is 15.1 Å². The molecule has 1 heterocycles. The molecular formula is C12H19ClN4O. The molecule has 1 aromatic heterocycles. The van der Waals surface area contributed by atoms with Gasteiger partial charge in [0.05, 0.1) is 17.3 Å². The summed E-state index contributed by atoms with van der Waals surface area (Å²) >= 11 is 5.99. The topological polar surface area (TPSA) is 72.9 Å². The lowest BCUT2D eigenvalue weighted by atomic mass is 9.92. The van der Waals surface area contributed by atoms with Crippen LogP contribution in [0.15, 0.2) is 6.20 Å². The monoisotopic (exact) mass is 270 g/mol. The molecule has 0 aromatic carbocycles. The van der Waals surface area contributed by atoms with Gasteiger partial charge < -0.3 is 11.1 Å². The molecule has 100 valence electrons. The predicted molar refractivity (Wildman–Crippen MR) is 70.3 cm³/mol. The van der Waals surface area contributed by atoms with Crippen molar-refractivity contribution in [1.29, 1.82) is 0 Å². The SMILES string of the molecule is CCNC(Cn1cc(Cl)c(C)n1)(C(N)=O)C1CC1. The Balaban J connectivity index is 2.26. The van der Waals surface area contributed by atoms with E-state index in [-0.39, 0.29) is 5.91 Å². The summed E-state index contributed by atoms with van der Waals surface area (Å²) in [5, 5.41) is 8.17. The van der Waals surface area contributed by atoms with Crippen LogP contribution in [-0.4, -0.2) is 27.8 Å². The second-order valence-corrected chi connectivity index (χ2v) is 5.31. The van der Waals surface area contributed by atoms with Gasteiger partial charge in [0.2, 0.25) is 5.91 Å². The van der Waals surface area contributed by atoms with E-state index in [9.17, 15) is 4.79 Å². The number of hydrogen-bond acceptors (Lipinski definition) is 3. The van der Waals surface area contributed by atoms with Gasteiger partial charge in [-0.25, -0.2) is 0 Å². The summed E-state index contributed by atoms with van der Waals surface area (Å²) in [6.07, 6.45) is 3.81. The number of nitrogens with zero attached hydrogens (tertiary/aromatic N) is 2. The highest BCUT2D eigenvalue weighted by Crippen LogP contribution is 2.40. The lowest BCUT2D eigenvalue weighted by Crippen LogP contribution is -2.59. The predicted octanol–water partition coefficient (Wildman–Crippen LogP) is 1.09. The van der Waals surface area contributed by atoms with E-state index in [4.69, 9.17) is 17.3 Å². The van der Waals surface area contributed by atoms with Gasteiger partial charge in [0.1, 0.15) is 5.54 Å². The van der Waals surface area contributed by atoms with Crippen molar-refractivity contribution in [3.05, 3.63) is 16.9 Å². The summed E-state index contributed by atoms with van der Waals surface area (Å²) in [5.74, 6) is -0.00522. The average molecular weight is 271 g/mol. The van der Waals surface area contributed by atoms with Crippen molar-refractivity contribution >= 4 is 17.5 Å². The third kappa shape index (κ3) is 2.37. The first-order valence-electron chi connectivity index (χ1n) is 6.24. The minimum absolute atomic E-state index is 0.304. The van der Waals surface area contributed by atoms with Gasteiger partial charge in [0.25, 0.3) is 0 Å². The highest BCUT2D eigenvalue weighted by molar-refractivity contribution is 6.31. The molecule has 3 N–H and O–H groups in total. The number of nitrogens with two attached hydrogens (primary N) is 1. The van der Waals surface area contributed by atoms with E-state index in [1.807, 2.05) is 13.8 Å². The van der Waals surface area contributed by atoms with Crippen LogP contribution in [0.25, 0.3) is 0 Å². The number of primary amides is 1. The molecule has 1 aliphatic rings. The van der Waals surface area contributed by atoms with Crippen LogP contribution >= 0.6 is 11.6 Å². The molecule has 1 fully saturated rings. The maximum atomic E-state index is 11.9. The Bertz CT molecular complexity index is 435. The minimum Gasteiger partial charge on any atom is -0.368 e. The standard InChI is InChI=1S/C12H19ClN4O/c1-3-15-12(11(14)18,9-4-5-9)7-17-6-10(13)8(2)16-17/h6,9,15H,3-5,7H2,1-2H3,(H2,14,18). The molecule has 0 aliphatic heterocycles. The Kier molecular flexibility index (Phi) is 3.64. The van der Waals surface area contributed by atoms with Crippen molar-refractivity contribution in [2.75, 3.05) is 6.54 Å². The number of halogens is 1. The van der Waals surface area contributed by atoms with Gasteiger partial charge in [-0.05, 0) is 32.2 Å². The number of carbonyl (C=O) groups excluding carboxylic acids is 1. The van der Waals surface area contributed by atoms with Crippen LogP contribution in [-0.2, 0) is 11.3 Å². The van der Waals surface area contributed by atoms with Crippen LogP contribution in [0.4, 0.5) is 0 Å². The van der Waals surface area contributed by atoms with Crippen LogP contribution in [0.5, 0.6) is 0 Å². The van der Waals surface area contributed by atoms with Crippen LogP contribution < -0.4 is 11.1 Å². The van der Waals surface area contributed by atoms with Gasteiger partial charge in [-0.1, -0.05) is 18.5 Å². The number of carbonyl (C=O) groups is 1. The molecule has 2 rings (SSSR count). The smallest absolute Gasteiger partial charge is 0.239 e. The number of nitrogens with one attached hydrogen (secondary N) is 1. The van der Waals surface area contributed by atoms with Crippen LogP contribution in [0, 0.1) is 12.8 Å². The first kappa shape index (κ1) is 13.4. The zero-order valence-electron chi connectivity index (χ0n) is 10.7. The van der Waals surface area contributed by atoms with E-state index in [0.29, 0.717) is 24.0 Å². The molecule has 18 heavy (non-hydrogen) atoms. The van der Waals surface area contributed by atoms with Crippen molar-refractivity contribution in [2.45, 2.75) is 38.8 Å². The maximum Gasteiger partial charge on any atom is 0.239 e. The van der Waals surface area contributed by atoms with Gasteiger partial charge >= 0.3 is 0 Å².